The molecule has 180 valence electrons. The molecule has 4 rings (SSSR count). The second-order valence-corrected chi connectivity index (χ2v) is 8.54. The standard InChI is InChI=1S/C23H23ClF3N5O2/c24-17-7-4-15(5-8-17)22-30-21(34-31-22)3-1-2-20(33)29-18-10-12-32(13-11-18)19-9-6-16(14-28-19)23(25,26)27/h4-9,14,18H,1-3,10-13H2,(H,29,33). The molecular weight excluding hydrogens is 471 g/mol. The second-order valence-electron chi connectivity index (χ2n) is 8.10. The summed E-state index contributed by atoms with van der Waals surface area (Å²) in [6, 6.07) is 9.57. The van der Waals surface area contributed by atoms with Crippen LogP contribution in [0.1, 0.15) is 37.1 Å². The first-order chi connectivity index (χ1) is 16.3. The summed E-state index contributed by atoms with van der Waals surface area (Å²) < 4.78 is 43.3. The fourth-order valence-electron chi connectivity index (χ4n) is 3.77. The highest BCUT2D eigenvalue weighted by Gasteiger charge is 2.31. The number of nitrogens with one attached hydrogen (secondary N) is 1. The van der Waals surface area contributed by atoms with Crippen LogP contribution in [0, 0.1) is 0 Å². The van der Waals surface area contributed by atoms with E-state index in [0.717, 1.165) is 17.8 Å². The summed E-state index contributed by atoms with van der Waals surface area (Å²) in [5.41, 5.74) is 0.0371. The number of alkyl halides is 3. The molecule has 0 aliphatic carbocycles. The van der Waals surface area contributed by atoms with E-state index in [1.807, 2.05) is 17.0 Å². The number of hydrogen-bond donors (Lipinski definition) is 1. The molecule has 0 unspecified atom stereocenters. The van der Waals surface area contributed by atoms with Gasteiger partial charge in [0, 0.05) is 48.8 Å². The van der Waals surface area contributed by atoms with Gasteiger partial charge in [-0.25, -0.2) is 4.98 Å². The normalized spacial score (nSPS) is 14.9. The number of carbonyl (C=O) groups excluding carboxylic acids is 1. The highest BCUT2D eigenvalue weighted by Crippen LogP contribution is 2.30. The van der Waals surface area contributed by atoms with E-state index < -0.39 is 11.7 Å². The van der Waals surface area contributed by atoms with Gasteiger partial charge in [0.1, 0.15) is 5.82 Å². The Morgan fingerprint density at radius 1 is 1.15 bits per heavy atom. The number of nitrogens with zero attached hydrogens (tertiary/aromatic N) is 4. The third-order valence-corrected chi connectivity index (χ3v) is 5.88. The van der Waals surface area contributed by atoms with Crippen molar-refractivity contribution in [1.29, 1.82) is 0 Å². The molecule has 7 nitrogen and oxygen atoms in total. The number of anilines is 1. The monoisotopic (exact) mass is 493 g/mol. The van der Waals surface area contributed by atoms with Crippen molar-refractivity contribution in [3.63, 3.8) is 0 Å². The van der Waals surface area contributed by atoms with E-state index in [0.29, 0.717) is 67.7 Å². The van der Waals surface area contributed by atoms with Crippen LogP contribution in [-0.2, 0) is 17.4 Å². The van der Waals surface area contributed by atoms with Gasteiger partial charge in [0.05, 0.1) is 5.56 Å². The second kappa shape index (κ2) is 10.4. The molecule has 1 aromatic carbocycles. The Morgan fingerprint density at radius 2 is 1.88 bits per heavy atom. The van der Waals surface area contributed by atoms with Crippen molar-refractivity contribution in [1.82, 2.24) is 20.4 Å². The number of rotatable bonds is 7. The number of aromatic nitrogens is 3. The lowest BCUT2D eigenvalue weighted by Gasteiger charge is -2.33. The summed E-state index contributed by atoms with van der Waals surface area (Å²) >= 11 is 5.88. The zero-order valence-corrected chi connectivity index (χ0v) is 18.9. The van der Waals surface area contributed by atoms with Gasteiger partial charge in [0.25, 0.3) is 0 Å². The van der Waals surface area contributed by atoms with Crippen LogP contribution in [0.5, 0.6) is 0 Å². The summed E-state index contributed by atoms with van der Waals surface area (Å²) in [7, 11) is 0. The Labute approximate surface area is 199 Å². The predicted octanol–water partition coefficient (Wildman–Crippen LogP) is 4.91. The van der Waals surface area contributed by atoms with Crippen LogP contribution in [0.3, 0.4) is 0 Å². The van der Waals surface area contributed by atoms with Gasteiger partial charge >= 0.3 is 6.18 Å². The van der Waals surface area contributed by atoms with Gasteiger partial charge in [-0.15, -0.1) is 0 Å². The van der Waals surface area contributed by atoms with E-state index in [1.54, 1.807) is 12.1 Å². The molecule has 34 heavy (non-hydrogen) atoms. The van der Waals surface area contributed by atoms with E-state index in [1.165, 1.54) is 6.07 Å². The van der Waals surface area contributed by atoms with E-state index in [9.17, 15) is 18.0 Å². The van der Waals surface area contributed by atoms with Gasteiger partial charge in [0.15, 0.2) is 0 Å². The molecule has 3 aromatic rings. The first-order valence-corrected chi connectivity index (χ1v) is 11.3. The van der Waals surface area contributed by atoms with Crippen molar-refractivity contribution < 1.29 is 22.5 Å². The molecule has 1 aliphatic heterocycles. The molecule has 0 atom stereocenters. The molecule has 1 N–H and O–H groups in total. The van der Waals surface area contributed by atoms with Gasteiger partial charge in [-0.2, -0.15) is 18.2 Å². The van der Waals surface area contributed by atoms with Crippen molar-refractivity contribution >= 4 is 23.3 Å². The molecule has 0 saturated carbocycles. The lowest BCUT2D eigenvalue weighted by Crippen LogP contribution is -2.44. The number of piperidine rings is 1. The maximum absolute atomic E-state index is 12.7. The van der Waals surface area contributed by atoms with Crippen molar-refractivity contribution in [3.8, 4) is 11.4 Å². The minimum Gasteiger partial charge on any atom is -0.356 e. The van der Waals surface area contributed by atoms with Crippen LogP contribution in [0.15, 0.2) is 47.1 Å². The third kappa shape index (κ3) is 6.25. The van der Waals surface area contributed by atoms with E-state index in [4.69, 9.17) is 16.1 Å². The number of pyridine rings is 1. The average molecular weight is 494 g/mol. The lowest BCUT2D eigenvalue weighted by atomic mass is 10.0. The topological polar surface area (TPSA) is 84.1 Å². The Morgan fingerprint density at radius 3 is 2.53 bits per heavy atom. The van der Waals surface area contributed by atoms with Crippen LogP contribution in [0.25, 0.3) is 11.4 Å². The molecule has 2 aromatic heterocycles. The molecule has 0 spiro atoms. The summed E-state index contributed by atoms with van der Waals surface area (Å²) in [5.74, 6) is 1.40. The quantitative estimate of drug-likeness (QED) is 0.503. The molecule has 1 fully saturated rings. The maximum atomic E-state index is 12.7. The molecule has 1 saturated heterocycles. The van der Waals surface area contributed by atoms with Crippen LogP contribution < -0.4 is 10.2 Å². The highest BCUT2D eigenvalue weighted by atomic mass is 35.5. The molecule has 0 radical (unpaired) electrons. The van der Waals surface area contributed by atoms with Gasteiger partial charge in [-0.3, -0.25) is 4.79 Å². The summed E-state index contributed by atoms with van der Waals surface area (Å²) in [5, 5.41) is 7.62. The van der Waals surface area contributed by atoms with Crippen molar-refractivity contribution in [2.45, 2.75) is 44.3 Å². The Bertz CT molecular complexity index is 1100. The highest BCUT2D eigenvalue weighted by molar-refractivity contribution is 6.30. The minimum atomic E-state index is -4.40. The largest absolute Gasteiger partial charge is 0.417 e. The first kappa shape index (κ1) is 24.0. The molecule has 1 aliphatic rings. The number of aryl methyl sites for hydroxylation is 1. The molecule has 11 heteroatoms. The van der Waals surface area contributed by atoms with Gasteiger partial charge in [0.2, 0.25) is 17.6 Å². The number of halogens is 4. The average Bonchev–Trinajstić information content (AvgIpc) is 3.28. The summed E-state index contributed by atoms with van der Waals surface area (Å²) in [4.78, 5) is 22.5. The Balaban J connectivity index is 1.17. The fraction of sp³-hybridized carbons (Fsp3) is 0.391. The van der Waals surface area contributed by atoms with E-state index in [-0.39, 0.29) is 11.9 Å². The molecule has 1 amide bonds. The first-order valence-electron chi connectivity index (χ1n) is 10.9. The van der Waals surface area contributed by atoms with Crippen LogP contribution >= 0.6 is 11.6 Å². The minimum absolute atomic E-state index is 0.0260. The Kier molecular flexibility index (Phi) is 7.35. The van der Waals surface area contributed by atoms with Crippen LogP contribution in [-0.4, -0.2) is 40.2 Å². The number of hydrogen-bond acceptors (Lipinski definition) is 6. The molecule has 0 bridgehead atoms. The van der Waals surface area contributed by atoms with Crippen LogP contribution in [0.2, 0.25) is 5.02 Å². The van der Waals surface area contributed by atoms with Crippen molar-refractivity contribution in [2.75, 3.05) is 18.0 Å². The third-order valence-electron chi connectivity index (χ3n) is 5.62. The zero-order chi connectivity index (χ0) is 24.1. The number of amides is 1. The molecule has 3 heterocycles. The molecular formula is C23H23ClF3N5O2. The van der Waals surface area contributed by atoms with E-state index in [2.05, 4.69) is 20.4 Å². The van der Waals surface area contributed by atoms with Gasteiger partial charge in [-0.05, 0) is 55.7 Å². The zero-order valence-electron chi connectivity index (χ0n) is 18.2. The fourth-order valence-corrected chi connectivity index (χ4v) is 3.89. The van der Waals surface area contributed by atoms with E-state index >= 15 is 0 Å². The summed E-state index contributed by atoms with van der Waals surface area (Å²) in [6.45, 7) is 1.22. The number of carbonyl (C=O) groups is 1. The smallest absolute Gasteiger partial charge is 0.356 e. The summed E-state index contributed by atoms with van der Waals surface area (Å²) in [6.07, 6.45) is -0.755. The predicted molar refractivity (Wildman–Crippen MR) is 120 cm³/mol. The van der Waals surface area contributed by atoms with Crippen molar-refractivity contribution in [3.05, 3.63) is 59.1 Å². The Hall–Kier alpha value is -3.14. The SMILES string of the molecule is O=C(CCCc1nc(-c2ccc(Cl)cc2)no1)NC1CCN(c2ccc(C(F)(F)F)cn2)CC1. The van der Waals surface area contributed by atoms with Crippen molar-refractivity contribution in [2.24, 2.45) is 0 Å². The van der Waals surface area contributed by atoms with Gasteiger partial charge < -0.3 is 14.7 Å². The van der Waals surface area contributed by atoms with Crippen LogP contribution in [0.4, 0.5) is 19.0 Å². The number of benzene rings is 1. The maximum Gasteiger partial charge on any atom is 0.417 e. The van der Waals surface area contributed by atoms with Gasteiger partial charge in [-0.1, -0.05) is 16.8 Å². The lowest BCUT2D eigenvalue weighted by molar-refractivity contribution is -0.137.